The molecule has 6 rings (SSSR count). The van der Waals surface area contributed by atoms with Crippen molar-refractivity contribution in [1.82, 2.24) is 9.55 Å². The summed E-state index contributed by atoms with van der Waals surface area (Å²) in [5.74, 6) is 1.82. The summed E-state index contributed by atoms with van der Waals surface area (Å²) < 4.78 is 33.5. The van der Waals surface area contributed by atoms with Crippen molar-refractivity contribution in [2.75, 3.05) is 0 Å². The Morgan fingerprint density at radius 3 is 2.38 bits per heavy atom. The number of halogens is 2. The summed E-state index contributed by atoms with van der Waals surface area (Å²) >= 11 is 0. The molecule has 0 amide bonds. The lowest BCUT2D eigenvalue weighted by atomic mass is 9.49. The molecule has 2 aromatic rings. The zero-order valence-corrected chi connectivity index (χ0v) is 14.5. The number of hydrogen-bond acceptors (Lipinski definition) is 3. The van der Waals surface area contributed by atoms with E-state index in [-0.39, 0.29) is 23.8 Å². The normalized spacial score (nSPS) is 32.5. The molecule has 1 aromatic carbocycles. The van der Waals surface area contributed by atoms with Gasteiger partial charge in [0, 0.05) is 0 Å². The first-order valence-electron chi connectivity index (χ1n) is 9.45. The van der Waals surface area contributed by atoms with E-state index in [9.17, 15) is 13.6 Å². The number of rotatable bonds is 4. The van der Waals surface area contributed by atoms with Crippen molar-refractivity contribution >= 4 is 17.0 Å². The van der Waals surface area contributed by atoms with Gasteiger partial charge in [-0.05, 0) is 68.4 Å². The van der Waals surface area contributed by atoms with Crippen LogP contribution < -0.4 is 0 Å². The SMILES string of the molecule is O=C(OCc1nc2ccccc2n1C(F)F)C12CC3CC(CC(C3)C1)C2. The number of benzene rings is 1. The molecule has 4 saturated carbocycles. The summed E-state index contributed by atoms with van der Waals surface area (Å²) in [6.45, 7) is -2.91. The molecule has 0 atom stereocenters. The average Bonchev–Trinajstić information content (AvgIpc) is 2.97. The Morgan fingerprint density at radius 2 is 1.77 bits per heavy atom. The van der Waals surface area contributed by atoms with Gasteiger partial charge in [0.2, 0.25) is 0 Å². The van der Waals surface area contributed by atoms with Gasteiger partial charge < -0.3 is 4.74 Å². The van der Waals surface area contributed by atoms with Gasteiger partial charge in [-0.3, -0.25) is 9.36 Å². The Morgan fingerprint density at radius 1 is 1.15 bits per heavy atom. The summed E-state index contributed by atoms with van der Waals surface area (Å²) in [7, 11) is 0. The van der Waals surface area contributed by atoms with Gasteiger partial charge in [-0.1, -0.05) is 12.1 Å². The van der Waals surface area contributed by atoms with Crippen molar-refractivity contribution in [2.45, 2.75) is 51.7 Å². The highest BCUT2D eigenvalue weighted by Gasteiger charge is 2.55. The predicted octanol–water partition coefficient (Wildman–Crippen LogP) is 4.69. The largest absolute Gasteiger partial charge is 0.457 e. The predicted molar refractivity (Wildman–Crippen MR) is 91.4 cm³/mol. The molecule has 138 valence electrons. The summed E-state index contributed by atoms with van der Waals surface area (Å²) in [6, 6.07) is 6.77. The zero-order valence-electron chi connectivity index (χ0n) is 14.5. The molecule has 4 aliphatic carbocycles. The number of esters is 1. The number of alkyl halides is 2. The van der Waals surface area contributed by atoms with Gasteiger partial charge in [-0.15, -0.1) is 0 Å². The van der Waals surface area contributed by atoms with Crippen molar-refractivity contribution in [3.63, 3.8) is 0 Å². The molecule has 1 aromatic heterocycles. The highest BCUT2D eigenvalue weighted by Crippen LogP contribution is 2.60. The second-order valence-electron chi connectivity index (χ2n) is 8.44. The quantitative estimate of drug-likeness (QED) is 0.743. The number of nitrogens with zero attached hydrogens (tertiary/aromatic N) is 2. The molecule has 0 aliphatic heterocycles. The van der Waals surface area contributed by atoms with Crippen LogP contribution in [0, 0.1) is 23.2 Å². The summed E-state index contributed by atoms with van der Waals surface area (Å²) in [5.41, 5.74) is 0.480. The number of imidazole rings is 1. The van der Waals surface area contributed by atoms with E-state index in [0.717, 1.165) is 23.8 Å². The van der Waals surface area contributed by atoms with Crippen LogP contribution in [0.1, 0.15) is 50.9 Å². The minimum absolute atomic E-state index is 0.110. The maximum absolute atomic E-state index is 13.5. The van der Waals surface area contributed by atoms with E-state index in [1.165, 1.54) is 19.3 Å². The maximum atomic E-state index is 13.5. The van der Waals surface area contributed by atoms with Crippen LogP contribution in [0.3, 0.4) is 0 Å². The molecule has 0 N–H and O–H groups in total. The minimum Gasteiger partial charge on any atom is -0.457 e. The summed E-state index contributed by atoms with van der Waals surface area (Å²) in [5, 5.41) is 0. The van der Waals surface area contributed by atoms with Gasteiger partial charge in [0.15, 0.2) is 5.82 Å². The van der Waals surface area contributed by atoms with E-state index in [1.54, 1.807) is 24.3 Å². The van der Waals surface area contributed by atoms with Crippen molar-refractivity contribution in [2.24, 2.45) is 23.2 Å². The number of carbonyl (C=O) groups is 1. The Labute approximate surface area is 150 Å². The number of ether oxygens (including phenoxy) is 1. The molecule has 4 bridgehead atoms. The molecule has 0 saturated heterocycles. The lowest BCUT2D eigenvalue weighted by Crippen LogP contribution is -2.50. The molecule has 6 heteroatoms. The first-order valence-corrected chi connectivity index (χ1v) is 9.45. The minimum atomic E-state index is -2.71. The molecular weight excluding hydrogens is 338 g/mol. The second kappa shape index (κ2) is 5.76. The van der Waals surface area contributed by atoms with E-state index in [1.807, 2.05) is 0 Å². The van der Waals surface area contributed by atoms with Gasteiger partial charge in [0.1, 0.15) is 6.61 Å². The van der Waals surface area contributed by atoms with Crippen LogP contribution >= 0.6 is 0 Å². The Hall–Kier alpha value is -1.98. The van der Waals surface area contributed by atoms with Gasteiger partial charge in [-0.2, -0.15) is 8.78 Å². The Kier molecular flexibility index (Phi) is 3.59. The lowest BCUT2D eigenvalue weighted by molar-refractivity contribution is -0.173. The number of carbonyl (C=O) groups excluding carboxylic acids is 1. The topological polar surface area (TPSA) is 44.1 Å². The Bertz CT molecular complexity index is 825. The smallest absolute Gasteiger partial charge is 0.320 e. The fraction of sp³-hybridized carbons (Fsp3) is 0.600. The van der Waals surface area contributed by atoms with Crippen molar-refractivity contribution in [3.8, 4) is 0 Å². The zero-order chi connectivity index (χ0) is 17.9. The lowest BCUT2D eigenvalue weighted by Gasteiger charge is -2.55. The number of hydrogen-bond donors (Lipinski definition) is 0. The molecule has 0 spiro atoms. The van der Waals surface area contributed by atoms with Crippen molar-refractivity contribution in [1.29, 1.82) is 0 Å². The summed E-state index contributed by atoms with van der Waals surface area (Å²) in [6.07, 6.45) is 6.45. The highest BCUT2D eigenvalue weighted by atomic mass is 19.3. The van der Waals surface area contributed by atoms with E-state index < -0.39 is 6.55 Å². The first-order chi connectivity index (χ1) is 12.5. The maximum Gasteiger partial charge on any atom is 0.320 e. The number of aromatic nitrogens is 2. The fourth-order valence-electron chi connectivity index (χ4n) is 6.06. The van der Waals surface area contributed by atoms with Crippen LogP contribution in [0.25, 0.3) is 11.0 Å². The van der Waals surface area contributed by atoms with Gasteiger partial charge in [0.25, 0.3) is 0 Å². The van der Waals surface area contributed by atoms with Crippen LogP contribution in [0.4, 0.5) is 8.78 Å². The standard InChI is InChI=1S/C20H22F2N2O2/c21-19(22)24-16-4-2-1-3-15(16)23-17(24)11-26-18(25)20-8-12-5-13(9-20)7-14(6-12)10-20/h1-4,12-14,19H,5-11H2. The monoisotopic (exact) mass is 360 g/mol. The van der Waals surface area contributed by atoms with Crippen molar-refractivity contribution < 1.29 is 18.3 Å². The van der Waals surface area contributed by atoms with Gasteiger partial charge >= 0.3 is 12.5 Å². The van der Waals surface area contributed by atoms with Crippen LogP contribution in [0.5, 0.6) is 0 Å². The third kappa shape index (κ3) is 2.45. The highest BCUT2D eigenvalue weighted by molar-refractivity contribution is 5.78. The van der Waals surface area contributed by atoms with E-state index >= 15 is 0 Å². The Balaban J connectivity index is 1.37. The van der Waals surface area contributed by atoms with Gasteiger partial charge in [-0.25, -0.2) is 4.98 Å². The molecule has 4 fully saturated rings. The van der Waals surface area contributed by atoms with Crippen LogP contribution in [-0.4, -0.2) is 15.5 Å². The average molecular weight is 360 g/mol. The van der Waals surface area contributed by atoms with Gasteiger partial charge in [0.05, 0.1) is 16.4 Å². The number of para-hydroxylation sites is 2. The third-order valence-corrected chi connectivity index (χ3v) is 6.67. The molecule has 1 heterocycles. The second-order valence-corrected chi connectivity index (χ2v) is 8.44. The number of fused-ring (bicyclic) bond motifs is 1. The summed E-state index contributed by atoms with van der Waals surface area (Å²) in [4.78, 5) is 17.2. The first kappa shape index (κ1) is 16.2. The molecule has 0 unspecified atom stereocenters. The molecule has 0 radical (unpaired) electrons. The molecule has 4 aliphatic rings. The fourth-order valence-corrected chi connectivity index (χ4v) is 6.06. The van der Waals surface area contributed by atoms with Crippen LogP contribution in [0.15, 0.2) is 24.3 Å². The molecule has 26 heavy (non-hydrogen) atoms. The van der Waals surface area contributed by atoms with Crippen molar-refractivity contribution in [3.05, 3.63) is 30.1 Å². The third-order valence-electron chi connectivity index (χ3n) is 6.67. The molecule has 4 nitrogen and oxygen atoms in total. The van der Waals surface area contributed by atoms with Crippen LogP contribution in [0.2, 0.25) is 0 Å². The molecular formula is C20H22F2N2O2. The van der Waals surface area contributed by atoms with E-state index in [2.05, 4.69) is 4.98 Å². The van der Waals surface area contributed by atoms with E-state index in [4.69, 9.17) is 4.74 Å². The van der Waals surface area contributed by atoms with E-state index in [0.29, 0.717) is 28.8 Å². The van der Waals surface area contributed by atoms with Crippen LogP contribution in [-0.2, 0) is 16.1 Å².